The lowest BCUT2D eigenvalue weighted by Crippen LogP contribution is -2.52. The molecule has 6 rings (SSSR count). The third-order valence-electron chi connectivity index (χ3n) is 7.95. The van der Waals surface area contributed by atoms with Crippen molar-refractivity contribution in [1.29, 1.82) is 0 Å². The number of nitrogens with one attached hydrogen (secondary N) is 1. The van der Waals surface area contributed by atoms with Crippen LogP contribution in [0.3, 0.4) is 0 Å². The summed E-state index contributed by atoms with van der Waals surface area (Å²) < 4.78 is 31.0. The van der Waals surface area contributed by atoms with Crippen LogP contribution < -0.4 is 5.32 Å². The molecular weight excluding hydrogens is 568 g/mol. The molecule has 1 N–H and O–H groups in total. The Bertz CT molecular complexity index is 1520. The Balaban J connectivity index is 1.11. The van der Waals surface area contributed by atoms with Crippen LogP contribution in [0, 0.1) is 0 Å². The molecule has 3 amide bonds. The standard InChI is InChI=1S/C31H28ClF2N3O3S/c32-22-7-5-19(6-8-22)24-4-2-1-3-20(24)16-36-14-13-27(31(33,34)18-36)41-23-9-10-25-21(15-23)17-37(30(25)40)26-11-12-28(38)35-29(26)39/h1-10,15,26-27H,11-14,16-18H2,(H,35,38,39). The number of rotatable bonds is 6. The normalized spacial score (nSPS) is 22.5. The number of carbonyl (C=O) groups is 3. The quantitative estimate of drug-likeness (QED) is 0.367. The van der Waals surface area contributed by atoms with Gasteiger partial charge in [-0.15, -0.1) is 11.8 Å². The Labute approximate surface area is 246 Å². The summed E-state index contributed by atoms with van der Waals surface area (Å²) in [6, 6.07) is 19.8. The minimum Gasteiger partial charge on any atom is -0.322 e. The van der Waals surface area contributed by atoms with Crippen LogP contribution >= 0.6 is 23.4 Å². The van der Waals surface area contributed by atoms with E-state index in [1.807, 2.05) is 53.4 Å². The zero-order valence-corrected chi connectivity index (χ0v) is 23.7. The Morgan fingerprint density at radius 3 is 2.51 bits per heavy atom. The first-order valence-corrected chi connectivity index (χ1v) is 14.8. The van der Waals surface area contributed by atoms with Crippen LogP contribution in [-0.2, 0) is 22.7 Å². The number of hydrogen-bond acceptors (Lipinski definition) is 5. The first kappa shape index (κ1) is 27.9. The van der Waals surface area contributed by atoms with Gasteiger partial charge in [0.15, 0.2) is 0 Å². The maximum absolute atomic E-state index is 15.5. The summed E-state index contributed by atoms with van der Waals surface area (Å²) >= 11 is 7.19. The van der Waals surface area contributed by atoms with Gasteiger partial charge in [-0.3, -0.25) is 24.6 Å². The third kappa shape index (κ3) is 5.76. The molecule has 0 aliphatic carbocycles. The van der Waals surface area contributed by atoms with Crippen molar-refractivity contribution in [1.82, 2.24) is 15.1 Å². The van der Waals surface area contributed by atoms with Gasteiger partial charge in [0.05, 0.1) is 11.8 Å². The average molecular weight is 596 g/mol. The second kappa shape index (κ2) is 11.2. The first-order chi connectivity index (χ1) is 19.7. The second-order valence-electron chi connectivity index (χ2n) is 10.7. The number of hydrogen-bond donors (Lipinski definition) is 1. The summed E-state index contributed by atoms with van der Waals surface area (Å²) in [5.74, 6) is -4.00. The van der Waals surface area contributed by atoms with Crippen molar-refractivity contribution in [2.75, 3.05) is 13.1 Å². The van der Waals surface area contributed by atoms with E-state index in [1.165, 1.54) is 4.90 Å². The third-order valence-corrected chi connectivity index (χ3v) is 9.60. The van der Waals surface area contributed by atoms with Crippen LogP contribution in [0.1, 0.15) is 40.7 Å². The monoisotopic (exact) mass is 595 g/mol. The van der Waals surface area contributed by atoms with E-state index in [1.54, 1.807) is 18.2 Å². The van der Waals surface area contributed by atoms with E-state index in [0.717, 1.165) is 28.5 Å². The predicted molar refractivity (Wildman–Crippen MR) is 154 cm³/mol. The highest BCUT2D eigenvalue weighted by Crippen LogP contribution is 2.41. The summed E-state index contributed by atoms with van der Waals surface area (Å²) in [5.41, 5.74) is 4.17. The lowest BCUT2D eigenvalue weighted by atomic mass is 9.98. The summed E-state index contributed by atoms with van der Waals surface area (Å²) in [4.78, 5) is 40.7. The fraction of sp³-hybridized carbons (Fsp3) is 0.323. The van der Waals surface area contributed by atoms with E-state index in [4.69, 9.17) is 11.6 Å². The molecule has 212 valence electrons. The number of benzene rings is 3. The maximum Gasteiger partial charge on any atom is 0.272 e. The fourth-order valence-electron chi connectivity index (χ4n) is 5.87. The van der Waals surface area contributed by atoms with Crippen LogP contribution in [0.25, 0.3) is 11.1 Å². The van der Waals surface area contributed by atoms with E-state index >= 15 is 8.78 Å². The van der Waals surface area contributed by atoms with Crippen LogP contribution in [0.15, 0.2) is 71.6 Å². The number of imide groups is 1. The fourth-order valence-corrected chi connectivity index (χ4v) is 7.15. The van der Waals surface area contributed by atoms with Gasteiger partial charge in [-0.1, -0.05) is 48.0 Å². The van der Waals surface area contributed by atoms with Crippen LogP contribution in [0.5, 0.6) is 0 Å². The minimum absolute atomic E-state index is 0.179. The highest BCUT2D eigenvalue weighted by Gasteiger charge is 2.45. The highest BCUT2D eigenvalue weighted by molar-refractivity contribution is 8.00. The number of piperidine rings is 2. The number of fused-ring (bicyclic) bond motifs is 1. The topological polar surface area (TPSA) is 69.7 Å². The van der Waals surface area contributed by atoms with Crippen molar-refractivity contribution in [3.8, 4) is 11.1 Å². The molecule has 0 spiro atoms. The number of carbonyl (C=O) groups excluding carboxylic acids is 3. The van der Waals surface area contributed by atoms with Gasteiger partial charge in [0.25, 0.3) is 11.8 Å². The van der Waals surface area contributed by atoms with Crippen molar-refractivity contribution in [3.63, 3.8) is 0 Å². The maximum atomic E-state index is 15.5. The van der Waals surface area contributed by atoms with E-state index in [0.29, 0.717) is 40.6 Å². The molecule has 2 fully saturated rings. The molecule has 3 aromatic rings. The Hall–Kier alpha value is -3.27. The molecule has 2 atom stereocenters. The zero-order chi connectivity index (χ0) is 28.7. The van der Waals surface area contributed by atoms with Crippen molar-refractivity contribution < 1.29 is 23.2 Å². The first-order valence-electron chi connectivity index (χ1n) is 13.6. The van der Waals surface area contributed by atoms with E-state index in [-0.39, 0.29) is 37.7 Å². The molecule has 0 bridgehead atoms. The molecule has 3 aliphatic rings. The number of likely N-dealkylation sites (tertiary alicyclic amines) is 1. The summed E-state index contributed by atoms with van der Waals surface area (Å²) in [7, 11) is 0. The van der Waals surface area contributed by atoms with Gasteiger partial charge in [0, 0.05) is 41.5 Å². The van der Waals surface area contributed by atoms with E-state index < -0.39 is 23.1 Å². The van der Waals surface area contributed by atoms with E-state index in [2.05, 4.69) is 5.32 Å². The Kier molecular flexibility index (Phi) is 7.61. The van der Waals surface area contributed by atoms with Crippen molar-refractivity contribution in [3.05, 3.63) is 88.4 Å². The summed E-state index contributed by atoms with van der Waals surface area (Å²) in [5, 5.41) is 2.04. The highest BCUT2D eigenvalue weighted by atomic mass is 35.5. The molecule has 6 nitrogen and oxygen atoms in total. The molecule has 3 heterocycles. The SMILES string of the molecule is O=C1CCC(N2Cc3cc(SC4CCN(Cc5ccccc5-c5ccc(Cl)cc5)CC4(F)F)ccc3C2=O)C(=O)N1. The van der Waals surface area contributed by atoms with Crippen LogP contribution in [0.2, 0.25) is 5.02 Å². The molecule has 3 aliphatic heterocycles. The summed E-state index contributed by atoms with van der Waals surface area (Å²) in [6.45, 7) is 0.834. The average Bonchev–Trinajstić information content (AvgIpc) is 3.26. The van der Waals surface area contributed by atoms with Gasteiger partial charge in [0.1, 0.15) is 6.04 Å². The van der Waals surface area contributed by atoms with Crippen LogP contribution in [0.4, 0.5) is 8.78 Å². The molecule has 3 aromatic carbocycles. The number of amides is 3. The summed E-state index contributed by atoms with van der Waals surface area (Å²) in [6.07, 6.45) is 0.776. The molecule has 2 saturated heterocycles. The van der Waals surface area contributed by atoms with Crippen molar-refractivity contribution in [2.45, 2.75) is 54.5 Å². The van der Waals surface area contributed by atoms with Gasteiger partial charge < -0.3 is 4.90 Å². The zero-order valence-electron chi connectivity index (χ0n) is 22.1. The van der Waals surface area contributed by atoms with Crippen LogP contribution in [-0.4, -0.2) is 57.8 Å². The Morgan fingerprint density at radius 1 is 0.976 bits per heavy atom. The molecule has 2 unspecified atom stereocenters. The molecule has 41 heavy (non-hydrogen) atoms. The predicted octanol–water partition coefficient (Wildman–Crippen LogP) is 5.77. The lowest BCUT2D eigenvalue weighted by molar-refractivity contribution is -0.136. The van der Waals surface area contributed by atoms with Gasteiger partial charge >= 0.3 is 0 Å². The van der Waals surface area contributed by atoms with Crippen molar-refractivity contribution in [2.24, 2.45) is 0 Å². The van der Waals surface area contributed by atoms with E-state index in [9.17, 15) is 14.4 Å². The lowest BCUT2D eigenvalue weighted by Gasteiger charge is -2.38. The second-order valence-corrected chi connectivity index (χ2v) is 12.5. The molecule has 10 heteroatoms. The van der Waals surface area contributed by atoms with Crippen molar-refractivity contribution >= 4 is 41.1 Å². The largest absolute Gasteiger partial charge is 0.322 e. The molecule has 0 saturated carbocycles. The number of thioether (sulfide) groups is 1. The van der Waals surface area contributed by atoms with Gasteiger partial charge in [-0.05, 0) is 65.4 Å². The molecule has 0 radical (unpaired) electrons. The minimum atomic E-state index is -2.91. The van der Waals surface area contributed by atoms with Gasteiger partial charge in [-0.25, -0.2) is 8.78 Å². The van der Waals surface area contributed by atoms with Gasteiger partial charge in [-0.2, -0.15) is 0 Å². The smallest absolute Gasteiger partial charge is 0.272 e. The number of alkyl halides is 2. The Morgan fingerprint density at radius 2 is 1.76 bits per heavy atom. The number of halogens is 3. The molecular formula is C31H28ClF2N3O3S. The number of nitrogens with zero attached hydrogens (tertiary/aromatic N) is 2. The molecule has 0 aromatic heterocycles. The van der Waals surface area contributed by atoms with Gasteiger partial charge in [0.2, 0.25) is 11.8 Å².